The van der Waals surface area contributed by atoms with Crippen LogP contribution in [0.5, 0.6) is 5.75 Å². The van der Waals surface area contributed by atoms with Crippen LogP contribution in [0.2, 0.25) is 0 Å². The predicted octanol–water partition coefficient (Wildman–Crippen LogP) is 5.31. The second kappa shape index (κ2) is 13.0. The maximum absolute atomic E-state index is 12.3. The Labute approximate surface area is 240 Å². The monoisotopic (exact) mass is 558 g/mol. The third-order valence-corrected chi connectivity index (χ3v) is 8.01. The quantitative estimate of drug-likeness (QED) is 0.293. The number of rotatable bonds is 7. The largest absolute Gasteiger partial charge is 0.489 e. The smallest absolute Gasteiger partial charge is 0.307 e. The molecule has 41 heavy (non-hydrogen) atoms. The molecule has 3 aromatic carbocycles. The predicted molar refractivity (Wildman–Crippen MR) is 157 cm³/mol. The number of aliphatic carboxylic acids is 1. The van der Waals surface area contributed by atoms with Crippen molar-refractivity contribution in [3.05, 3.63) is 88.0 Å². The highest BCUT2D eigenvalue weighted by Gasteiger charge is 2.30. The molecular formula is C32H38N4O5. The minimum absolute atomic E-state index is 0.128. The van der Waals surface area contributed by atoms with E-state index in [2.05, 4.69) is 65.5 Å². The third kappa shape index (κ3) is 6.41. The van der Waals surface area contributed by atoms with Crippen molar-refractivity contribution < 1.29 is 24.5 Å². The molecule has 216 valence electrons. The molecule has 0 amide bonds. The molecule has 0 bridgehead atoms. The number of carboxylic acid groups (broad SMARTS) is 2. The molecule has 0 saturated carbocycles. The Morgan fingerprint density at radius 1 is 1.17 bits per heavy atom. The van der Waals surface area contributed by atoms with Crippen molar-refractivity contribution >= 4 is 23.5 Å². The van der Waals surface area contributed by atoms with Gasteiger partial charge in [-0.2, -0.15) is 0 Å². The second-order valence-corrected chi connectivity index (χ2v) is 10.7. The lowest BCUT2D eigenvalue weighted by atomic mass is 9.79. The van der Waals surface area contributed by atoms with Crippen molar-refractivity contribution in [2.75, 3.05) is 6.54 Å². The molecule has 5 rings (SSSR count). The molecule has 1 aliphatic heterocycles. The number of para-hydroxylation sites is 1. The molecule has 9 heteroatoms. The van der Waals surface area contributed by atoms with Crippen LogP contribution in [0.25, 0.3) is 11.0 Å². The SMILES string of the molecule is CC[C@@H]1CN(Cc2cc([C@@H](c3ccc4c(nnn4C)c3C)[C@@H](C)C(=O)O)ccc2C)Cc2ccccc2O1.O=CO. The summed E-state index contributed by atoms with van der Waals surface area (Å²) in [7, 11) is 1.87. The molecule has 0 radical (unpaired) electrons. The van der Waals surface area contributed by atoms with E-state index in [0.29, 0.717) is 0 Å². The summed E-state index contributed by atoms with van der Waals surface area (Å²) in [6.07, 6.45) is 1.06. The molecule has 4 aromatic rings. The van der Waals surface area contributed by atoms with Gasteiger partial charge in [0.2, 0.25) is 0 Å². The zero-order chi connectivity index (χ0) is 29.7. The zero-order valence-electron chi connectivity index (χ0n) is 24.2. The summed E-state index contributed by atoms with van der Waals surface area (Å²) in [6, 6.07) is 18.7. The van der Waals surface area contributed by atoms with Gasteiger partial charge in [-0.1, -0.05) is 61.5 Å². The van der Waals surface area contributed by atoms with E-state index in [0.717, 1.165) is 59.5 Å². The molecule has 0 fully saturated rings. The average Bonchev–Trinajstić information content (AvgIpc) is 3.23. The number of fused-ring (bicyclic) bond motifs is 2. The Morgan fingerprint density at radius 2 is 1.90 bits per heavy atom. The van der Waals surface area contributed by atoms with Crippen LogP contribution in [0.1, 0.15) is 59.6 Å². The van der Waals surface area contributed by atoms with E-state index in [1.165, 1.54) is 16.7 Å². The van der Waals surface area contributed by atoms with E-state index in [4.69, 9.17) is 14.6 Å². The fourth-order valence-electron chi connectivity index (χ4n) is 5.65. The summed E-state index contributed by atoms with van der Waals surface area (Å²) in [4.78, 5) is 23.1. The zero-order valence-corrected chi connectivity index (χ0v) is 24.2. The summed E-state index contributed by atoms with van der Waals surface area (Å²) in [5, 5.41) is 25.5. The topological polar surface area (TPSA) is 118 Å². The average molecular weight is 559 g/mol. The van der Waals surface area contributed by atoms with Crippen molar-refractivity contribution in [1.82, 2.24) is 19.9 Å². The number of hydrogen-bond donors (Lipinski definition) is 2. The lowest BCUT2D eigenvalue weighted by Crippen LogP contribution is -2.32. The molecule has 0 aliphatic carbocycles. The van der Waals surface area contributed by atoms with Crippen LogP contribution in [0.15, 0.2) is 54.6 Å². The number of aromatic nitrogens is 3. The van der Waals surface area contributed by atoms with Crippen molar-refractivity contribution in [3.8, 4) is 5.75 Å². The summed E-state index contributed by atoms with van der Waals surface area (Å²) >= 11 is 0. The summed E-state index contributed by atoms with van der Waals surface area (Å²) in [5.41, 5.74) is 8.31. The molecule has 9 nitrogen and oxygen atoms in total. The Balaban J connectivity index is 0.00000124. The number of carbonyl (C=O) groups is 2. The first kappa shape index (κ1) is 29.7. The minimum Gasteiger partial charge on any atom is -0.489 e. The van der Waals surface area contributed by atoms with Gasteiger partial charge in [-0.3, -0.25) is 14.5 Å². The molecule has 2 heterocycles. The fourth-order valence-corrected chi connectivity index (χ4v) is 5.65. The molecule has 0 unspecified atom stereocenters. The molecule has 0 saturated heterocycles. The minimum atomic E-state index is -0.817. The first-order chi connectivity index (χ1) is 19.7. The first-order valence-electron chi connectivity index (χ1n) is 13.8. The molecule has 1 aliphatic rings. The molecular weight excluding hydrogens is 520 g/mol. The lowest BCUT2D eigenvalue weighted by Gasteiger charge is -2.27. The molecule has 2 N–H and O–H groups in total. The summed E-state index contributed by atoms with van der Waals surface area (Å²) in [6.45, 7) is 10.3. The van der Waals surface area contributed by atoms with Crippen LogP contribution in [-0.2, 0) is 29.7 Å². The Bertz CT molecular complexity index is 1530. The van der Waals surface area contributed by atoms with E-state index in [9.17, 15) is 9.90 Å². The number of aryl methyl sites for hydroxylation is 3. The maximum Gasteiger partial charge on any atom is 0.307 e. The normalized spacial score (nSPS) is 16.5. The van der Waals surface area contributed by atoms with Gasteiger partial charge in [0.1, 0.15) is 17.4 Å². The van der Waals surface area contributed by atoms with Gasteiger partial charge in [0.15, 0.2) is 0 Å². The highest BCUT2D eigenvalue weighted by molar-refractivity contribution is 5.80. The number of hydrogen-bond acceptors (Lipinski definition) is 6. The van der Waals surface area contributed by atoms with Gasteiger partial charge >= 0.3 is 5.97 Å². The van der Waals surface area contributed by atoms with Crippen LogP contribution in [0.4, 0.5) is 0 Å². The Morgan fingerprint density at radius 3 is 2.61 bits per heavy atom. The van der Waals surface area contributed by atoms with E-state index in [1.54, 1.807) is 11.6 Å². The van der Waals surface area contributed by atoms with Crippen LogP contribution in [-0.4, -0.2) is 55.2 Å². The van der Waals surface area contributed by atoms with E-state index >= 15 is 0 Å². The van der Waals surface area contributed by atoms with Crippen molar-refractivity contribution in [2.24, 2.45) is 13.0 Å². The third-order valence-electron chi connectivity index (χ3n) is 8.01. The van der Waals surface area contributed by atoms with Crippen molar-refractivity contribution in [2.45, 2.75) is 59.2 Å². The Kier molecular flexibility index (Phi) is 9.39. The van der Waals surface area contributed by atoms with Gasteiger partial charge < -0.3 is 14.9 Å². The number of nitrogens with zero attached hydrogens (tertiary/aromatic N) is 4. The van der Waals surface area contributed by atoms with Crippen molar-refractivity contribution in [1.29, 1.82) is 0 Å². The number of benzene rings is 3. The Hall–Kier alpha value is -4.24. The summed E-state index contributed by atoms with van der Waals surface area (Å²) < 4.78 is 8.06. The van der Waals surface area contributed by atoms with E-state index < -0.39 is 11.9 Å². The van der Waals surface area contributed by atoms with Crippen LogP contribution < -0.4 is 4.74 Å². The highest BCUT2D eigenvalue weighted by Crippen LogP contribution is 2.37. The molecule has 3 atom stereocenters. The highest BCUT2D eigenvalue weighted by atomic mass is 16.5. The summed E-state index contributed by atoms with van der Waals surface area (Å²) in [5.74, 6) is -0.767. The lowest BCUT2D eigenvalue weighted by molar-refractivity contribution is -0.141. The van der Waals surface area contributed by atoms with Crippen molar-refractivity contribution in [3.63, 3.8) is 0 Å². The first-order valence-corrected chi connectivity index (χ1v) is 13.8. The molecule has 1 aromatic heterocycles. The van der Waals surface area contributed by atoms with E-state index in [1.807, 2.05) is 32.2 Å². The number of ether oxygens (including phenoxy) is 1. The van der Waals surface area contributed by atoms with E-state index in [-0.39, 0.29) is 18.5 Å². The van der Waals surface area contributed by atoms with Crippen LogP contribution >= 0.6 is 0 Å². The van der Waals surface area contributed by atoms with Gasteiger partial charge in [-0.05, 0) is 60.2 Å². The van der Waals surface area contributed by atoms with Gasteiger partial charge in [-0.15, -0.1) is 5.10 Å². The van der Waals surface area contributed by atoms with Gasteiger partial charge in [-0.25, -0.2) is 4.68 Å². The molecule has 0 spiro atoms. The van der Waals surface area contributed by atoms with Gasteiger partial charge in [0.25, 0.3) is 6.47 Å². The van der Waals surface area contributed by atoms with Gasteiger partial charge in [0, 0.05) is 38.2 Å². The standard InChI is InChI=1S/C31H36N4O3.CH2O2/c1-6-25-18-35(16-23-9-7-8-10-28(23)38-25)17-24-15-22(12-11-19(24)2)29(21(4)31(36)37)26-13-14-27-30(20(26)3)32-33-34(27)5;2-1-3/h7-15,21,25,29H,6,16-18H2,1-5H3,(H,36,37);1H,(H,2,3)/t21-,25-,29+;/m1./s1. The fraction of sp³-hybridized carbons (Fsp3) is 0.375. The van der Waals surface area contributed by atoms with Crippen LogP contribution in [0, 0.1) is 19.8 Å². The number of carboxylic acids is 1. The maximum atomic E-state index is 12.3. The van der Waals surface area contributed by atoms with Gasteiger partial charge in [0.05, 0.1) is 11.4 Å². The van der Waals surface area contributed by atoms with Crippen LogP contribution in [0.3, 0.4) is 0 Å². The second-order valence-electron chi connectivity index (χ2n) is 10.7.